The highest BCUT2D eigenvalue weighted by molar-refractivity contribution is 7.89. The van der Waals surface area contributed by atoms with E-state index in [1.54, 1.807) is 0 Å². The van der Waals surface area contributed by atoms with E-state index in [-0.39, 0.29) is 23.9 Å². The van der Waals surface area contributed by atoms with Crippen LogP contribution in [0.5, 0.6) is 0 Å². The van der Waals surface area contributed by atoms with Crippen LogP contribution in [0, 0.1) is 11.7 Å². The van der Waals surface area contributed by atoms with Crippen molar-refractivity contribution in [1.82, 2.24) is 0 Å². The molecule has 3 N–H and O–H groups in total. The second-order valence-corrected chi connectivity index (χ2v) is 5.86. The highest BCUT2D eigenvalue weighted by Gasteiger charge is 2.17. The van der Waals surface area contributed by atoms with Crippen molar-refractivity contribution in [3.63, 3.8) is 0 Å². The summed E-state index contributed by atoms with van der Waals surface area (Å²) in [6, 6.07) is 3.01. The van der Waals surface area contributed by atoms with Gasteiger partial charge in [-0.3, -0.25) is 4.79 Å². The molecule has 1 amide bonds. The van der Waals surface area contributed by atoms with Gasteiger partial charge in [0.05, 0.1) is 5.69 Å². The Morgan fingerprint density at radius 1 is 1.44 bits per heavy atom. The summed E-state index contributed by atoms with van der Waals surface area (Å²) in [6.45, 7) is 3.70. The van der Waals surface area contributed by atoms with Crippen LogP contribution in [0.15, 0.2) is 23.1 Å². The van der Waals surface area contributed by atoms with Gasteiger partial charge in [-0.1, -0.05) is 13.8 Å². The van der Waals surface area contributed by atoms with Crippen molar-refractivity contribution in [1.29, 1.82) is 0 Å². The average Bonchev–Trinajstić information content (AvgIpc) is 2.17. The van der Waals surface area contributed by atoms with Crippen molar-refractivity contribution >= 4 is 21.6 Å². The Hall–Kier alpha value is -1.47. The van der Waals surface area contributed by atoms with Gasteiger partial charge in [0.1, 0.15) is 10.7 Å². The topological polar surface area (TPSA) is 89.3 Å². The Bertz CT molecular complexity index is 555. The van der Waals surface area contributed by atoms with E-state index in [1.807, 2.05) is 13.8 Å². The van der Waals surface area contributed by atoms with E-state index < -0.39 is 20.7 Å². The number of sulfonamides is 1. The quantitative estimate of drug-likeness (QED) is 0.871. The fraction of sp³-hybridized carbons (Fsp3) is 0.364. The van der Waals surface area contributed by atoms with Gasteiger partial charge in [0.2, 0.25) is 15.9 Å². The van der Waals surface area contributed by atoms with Crippen LogP contribution in [0.1, 0.15) is 20.3 Å². The van der Waals surface area contributed by atoms with E-state index in [9.17, 15) is 17.6 Å². The molecular weight excluding hydrogens is 259 g/mol. The Labute approximate surface area is 105 Å². The molecule has 1 aromatic carbocycles. The third-order valence-electron chi connectivity index (χ3n) is 2.12. The molecule has 0 aromatic heterocycles. The molecule has 18 heavy (non-hydrogen) atoms. The highest BCUT2D eigenvalue weighted by atomic mass is 32.2. The van der Waals surface area contributed by atoms with Gasteiger partial charge in [-0.2, -0.15) is 0 Å². The first-order valence-electron chi connectivity index (χ1n) is 5.32. The van der Waals surface area contributed by atoms with Gasteiger partial charge >= 0.3 is 0 Å². The molecule has 0 saturated heterocycles. The molecule has 0 radical (unpaired) electrons. The standard InChI is InChI=1S/C11H15FN2O3S/c1-7(2)5-11(15)14-9-4-3-8(12)6-10(9)18(13,16)17/h3-4,6-7H,5H2,1-2H3,(H,14,15)(H2,13,16,17). The zero-order chi connectivity index (χ0) is 13.9. The number of primary sulfonamides is 1. The number of nitrogens with two attached hydrogens (primary N) is 1. The zero-order valence-electron chi connectivity index (χ0n) is 10.1. The first-order valence-corrected chi connectivity index (χ1v) is 6.87. The molecule has 0 aliphatic rings. The first-order chi connectivity index (χ1) is 8.20. The summed E-state index contributed by atoms with van der Waals surface area (Å²) < 4.78 is 35.5. The van der Waals surface area contributed by atoms with Gasteiger partial charge in [0, 0.05) is 6.42 Å². The minimum absolute atomic E-state index is 0.00968. The molecule has 0 spiro atoms. The Morgan fingerprint density at radius 3 is 2.56 bits per heavy atom. The van der Waals surface area contributed by atoms with Gasteiger partial charge in [-0.15, -0.1) is 0 Å². The number of benzene rings is 1. The maximum Gasteiger partial charge on any atom is 0.240 e. The number of carbonyl (C=O) groups is 1. The lowest BCUT2D eigenvalue weighted by atomic mass is 10.1. The van der Waals surface area contributed by atoms with Crippen LogP contribution in [0.25, 0.3) is 0 Å². The van der Waals surface area contributed by atoms with E-state index in [1.165, 1.54) is 6.07 Å². The maximum absolute atomic E-state index is 13.0. The molecule has 7 heteroatoms. The van der Waals surface area contributed by atoms with E-state index >= 15 is 0 Å². The van der Waals surface area contributed by atoms with Crippen molar-refractivity contribution in [3.05, 3.63) is 24.0 Å². The van der Waals surface area contributed by atoms with Crippen molar-refractivity contribution in [2.45, 2.75) is 25.2 Å². The van der Waals surface area contributed by atoms with Gasteiger partial charge in [0.25, 0.3) is 0 Å². The summed E-state index contributed by atoms with van der Waals surface area (Å²) >= 11 is 0. The lowest BCUT2D eigenvalue weighted by Crippen LogP contribution is -2.19. The van der Waals surface area contributed by atoms with E-state index in [0.29, 0.717) is 0 Å². The lowest BCUT2D eigenvalue weighted by Gasteiger charge is -2.10. The van der Waals surface area contributed by atoms with Gasteiger partial charge in [-0.25, -0.2) is 17.9 Å². The number of amides is 1. The largest absolute Gasteiger partial charge is 0.325 e. The zero-order valence-corrected chi connectivity index (χ0v) is 10.9. The molecule has 100 valence electrons. The lowest BCUT2D eigenvalue weighted by molar-refractivity contribution is -0.116. The summed E-state index contributed by atoms with van der Waals surface area (Å²) in [4.78, 5) is 11.1. The van der Waals surface area contributed by atoms with Crippen molar-refractivity contribution < 1.29 is 17.6 Å². The molecular formula is C11H15FN2O3S. The van der Waals surface area contributed by atoms with Crippen LogP contribution < -0.4 is 10.5 Å². The maximum atomic E-state index is 13.0. The van der Waals surface area contributed by atoms with E-state index in [2.05, 4.69) is 5.32 Å². The highest BCUT2D eigenvalue weighted by Crippen LogP contribution is 2.21. The number of nitrogens with one attached hydrogen (secondary N) is 1. The van der Waals surface area contributed by atoms with Crippen LogP contribution in [-0.4, -0.2) is 14.3 Å². The predicted molar refractivity (Wildman–Crippen MR) is 65.9 cm³/mol. The summed E-state index contributed by atoms with van der Waals surface area (Å²) in [5, 5.41) is 7.37. The molecule has 0 unspecified atom stereocenters. The summed E-state index contributed by atoms with van der Waals surface area (Å²) in [7, 11) is -4.08. The van der Waals surface area contributed by atoms with Crippen LogP contribution in [0.2, 0.25) is 0 Å². The molecule has 1 aromatic rings. The number of carbonyl (C=O) groups excluding carboxylic acids is 1. The molecule has 0 saturated carbocycles. The third-order valence-corrected chi connectivity index (χ3v) is 3.07. The Morgan fingerprint density at radius 2 is 2.06 bits per heavy atom. The Balaban J connectivity index is 3.06. The summed E-state index contributed by atoms with van der Waals surface area (Å²) in [6.07, 6.45) is 0.238. The second-order valence-electron chi connectivity index (χ2n) is 4.33. The minimum atomic E-state index is -4.08. The molecule has 0 aliphatic carbocycles. The van der Waals surface area contributed by atoms with Crippen LogP contribution in [0.3, 0.4) is 0 Å². The SMILES string of the molecule is CC(C)CC(=O)Nc1ccc(F)cc1S(N)(=O)=O. The molecule has 0 bridgehead atoms. The van der Waals surface area contributed by atoms with Crippen LogP contribution >= 0.6 is 0 Å². The number of hydrogen-bond donors (Lipinski definition) is 2. The molecule has 1 rings (SSSR count). The minimum Gasteiger partial charge on any atom is -0.325 e. The first kappa shape index (κ1) is 14.6. The number of halogens is 1. The molecule has 0 heterocycles. The van der Waals surface area contributed by atoms with Gasteiger partial charge < -0.3 is 5.32 Å². The molecule has 0 atom stereocenters. The number of anilines is 1. The van der Waals surface area contributed by atoms with E-state index in [0.717, 1.165) is 12.1 Å². The van der Waals surface area contributed by atoms with Gasteiger partial charge in [0.15, 0.2) is 0 Å². The second kappa shape index (κ2) is 5.45. The number of hydrogen-bond acceptors (Lipinski definition) is 3. The predicted octanol–water partition coefficient (Wildman–Crippen LogP) is 1.46. The van der Waals surface area contributed by atoms with Crippen molar-refractivity contribution in [2.24, 2.45) is 11.1 Å². The summed E-state index contributed by atoms with van der Waals surface area (Å²) in [5.74, 6) is -0.953. The smallest absolute Gasteiger partial charge is 0.240 e. The van der Waals surface area contributed by atoms with Crippen molar-refractivity contribution in [2.75, 3.05) is 5.32 Å². The third kappa shape index (κ3) is 4.08. The summed E-state index contributed by atoms with van der Waals surface area (Å²) in [5.41, 5.74) is -0.00968. The van der Waals surface area contributed by atoms with Crippen LogP contribution in [-0.2, 0) is 14.8 Å². The fourth-order valence-electron chi connectivity index (χ4n) is 1.41. The fourth-order valence-corrected chi connectivity index (χ4v) is 2.11. The van der Waals surface area contributed by atoms with Crippen molar-refractivity contribution in [3.8, 4) is 0 Å². The normalized spacial score (nSPS) is 11.6. The van der Waals surface area contributed by atoms with Crippen LogP contribution in [0.4, 0.5) is 10.1 Å². The van der Waals surface area contributed by atoms with E-state index in [4.69, 9.17) is 5.14 Å². The average molecular weight is 274 g/mol. The molecule has 0 fully saturated rings. The Kier molecular flexibility index (Phi) is 4.42. The van der Waals surface area contributed by atoms with Gasteiger partial charge in [-0.05, 0) is 24.1 Å². The number of rotatable bonds is 4. The molecule has 0 aliphatic heterocycles. The monoisotopic (exact) mass is 274 g/mol. The molecule has 5 nitrogen and oxygen atoms in total.